The van der Waals surface area contributed by atoms with Gasteiger partial charge in [0.2, 0.25) is 0 Å². The number of thioether (sulfide) groups is 1. The number of pyridine rings is 1. The number of aromatic nitrogens is 3. The van der Waals surface area contributed by atoms with Crippen LogP contribution in [0.3, 0.4) is 0 Å². The molecule has 2 heterocycles. The van der Waals surface area contributed by atoms with Crippen molar-refractivity contribution in [3.8, 4) is 5.82 Å². The maximum absolute atomic E-state index is 13.2. The highest BCUT2D eigenvalue weighted by atomic mass is 32.2. The third-order valence-electron chi connectivity index (χ3n) is 4.49. The Morgan fingerprint density at radius 3 is 2.52 bits per heavy atom. The van der Waals surface area contributed by atoms with Crippen molar-refractivity contribution in [1.82, 2.24) is 14.5 Å². The van der Waals surface area contributed by atoms with E-state index in [-0.39, 0.29) is 5.56 Å². The van der Waals surface area contributed by atoms with Gasteiger partial charge in [0.1, 0.15) is 5.82 Å². The Morgan fingerprint density at radius 1 is 0.963 bits per heavy atom. The normalized spacial score (nSPS) is 11.0. The Kier molecular flexibility index (Phi) is 4.77. The molecule has 0 saturated heterocycles. The van der Waals surface area contributed by atoms with Crippen molar-refractivity contribution in [2.24, 2.45) is 0 Å². The lowest BCUT2D eigenvalue weighted by atomic mass is 10.1. The summed E-state index contributed by atoms with van der Waals surface area (Å²) in [6, 6.07) is 19.5. The van der Waals surface area contributed by atoms with E-state index in [2.05, 4.69) is 24.0 Å². The van der Waals surface area contributed by atoms with E-state index in [0.29, 0.717) is 21.9 Å². The molecule has 134 valence electrons. The third-order valence-corrected chi connectivity index (χ3v) is 5.48. The molecule has 4 aromatic rings. The lowest BCUT2D eigenvalue weighted by Crippen LogP contribution is -2.22. The standard InChI is InChI=1S/C22H19N3OS/c1-15-11-12-20(23-13-15)25-21(26)18-9-5-6-10-19(18)24-22(25)27-14-17-8-4-3-7-16(17)2/h3-13H,14H2,1-2H3. The fraction of sp³-hybridized carbons (Fsp3) is 0.136. The van der Waals surface area contributed by atoms with Crippen LogP contribution in [-0.4, -0.2) is 14.5 Å². The quantitative estimate of drug-likeness (QED) is 0.385. The van der Waals surface area contributed by atoms with Gasteiger partial charge in [-0.3, -0.25) is 4.79 Å². The highest BCUT2D eigenvalue weighted by Crippen LogP contribution is 2.25. The van der Waals surface area contributed by atoms with Gasteiger partial charge >= 0.3 is 0 Å². The molecule has 0 radical (unpaired) electrons. The van der Waals surface area contributed by atoms with E-state index >= 15 is 0 Å². The molecule has 0 atom stereocenters. The van der Waals surface area contributed by atoms with E-state index in [0.717, 1.165) is 11.3 Å². The number of nitrogens with zero attached hydrogens (tertiary/aromatic N) is 3. The Labute approximate surface area is 161 Å². The van der Waals surface area contributed by atoms with Crippen LogP contribution in [-0.2, 0) is 5.75 Å². The van der Waals surface area contributed by atoms with E-state index in [9.17, 15) is 4.79 Å². The van der Waals surface area contributed by atoms with Crippen molar-refractivity contribution in [2.75, 3.05) is 0 Å². The van der Waals surface area contributed by atoms with Gasteiger partial charge in [0, 0.05) is 11.9 Å². The van der Waals surface area contributed by atoms with Crippen molar-refractivity contribution < 1.29 is 0 Å². The van der Waals surface area contributed by atoms with Gasteiger partial charge in [-0.1, -0.05) is 54.2 Å². The minimum atomic E-state index is -0.0933. The molecule has 0 amide bonds. The number of hydrogen-bond donors (Lipinski definition) is 0. The molecule has 2 aromatic carbocycles. The summed E-state index contributed by atoms with van der Waals surface area (Å²) in [5.41, 5.74) is 4.12. The zero-order valence-corrected chi connectivity index (χ0v) is 16.0. The lowest BCUT2D eigenvalue weighted by Gasteiger charge is -2.13. The first-order chi connectivity index (χ1) is 13.1. The summed E-state index contributed by atoms with van der Waals surface area (Å²) in [4.78, 5) is 22.4. The van der Waals surface area contributed by atoms with Crippen LogP contribution in [0.1, 0.15) is 16.7 Å². The van der Waals surface area contributed by atoms with Crippen molar-refractivity contribution in [1.29, 1.82) is 0 Å². The number of hydrogen-bond acceptors (Lipinski definition) is 4. The van der Waals surface area contributed by atoms with Crippen LogP contribution in [0.4, 0.5) is 0 Å². The SMILES string of the molecule is Cc1ccc(-n2c(SCc3ccccc3C)nc3ccccc3c2=O)nc1. The van der Waals surface area contributed by atoms with Gasteiger partial charge in [-0.15, -0.1) is 0 Å². The fourth-order valence-corrected chi connectivity index (χ4v) is 3.99. The van der Waals surface area contributed by atoms with Gasteiger partial charge in [-0.2, -0.15) is 0 Å². The van der Waals surface area contributed by atoms with E-state index in [1.54, 1.807) is 22.5 Å². The van der Waals surface area contributed by atoms with Crippen molar-refractivity contribution in [2.45, 2.75) is 24.8 Å². The van der Waals surface area contributed by atoms with E-state index < -0.39 is 0 Å². The monoisotopic (exact) mass is 373 g/mol. The van der Waals surface area contributed by atoms with E-state index in [4.69, 9.17) is 4.98 Å². The van der Waals surface area contributed by atoms with E-state index in [1.165, 1.54) is 11.1 Å². The molecule has 0 fully saturated rings. The average molecular weight is 373 g/mol. The summed E-state index contributed by atoms with van der Waals surface area (Å²) in [5.74, 6) is 1.33. The molecular formula is C22H19N3OS. The van der Waals surface area contributed by atoms with Crippen molar-refractivity contribution in [3.63, 3.8) is 0 Å². The zero-order chi connectivity index (χ0) is 18.8. The molecule has 4 rings (SSSR count). The average Bonchev–Trinajstić information content (AvgIpc) is 2.69. The third kappa shape index (κ3) is 3.51. The van der Waals surface area contributed by atoms with Gasteiger partial charge in [-0.05, 0) is 48.7 Å². The number of fused-ring (bicyclic) bond motifs is 1. The van der Waals surface area contributed by atoms with Crippen LogP contribution in [0.2, 0.25) is 0 Å². The largest absolute Gasteiger partial charge is 0.268 e. The van der Waals surface area contributed by atoms with Crippen molar-refractivity contribution >= 4 is 22.7 Å². The molecule has 27 heavy (non-hydrogen) atoms. The number of para-hydroxylation sites is 1. The van der Waals surface area contributed by atoms with Gasteiger partial charge in [0.25, 0.3) is 5.56 Å². The molecule has 0 N–H and O–H groups in total. The molecule has 0 unspecified atom stereocenters. The molecule has 0 aliphatic heterocycles. The minimum absolute atomic E-state index is 0.0933. The Balaban J connectivity index is 1.84. The lowest BCUT2D eigenvalue weighted by molar-refractivity contribution is 0.794. The first kappa shape index (κ1) is 17.5. The molecular weight excluding hydrogens is 354 g/mol. The molecule has 0 saturated carbocycles. The molecule has 4 nitrogen and oxygen atoms in total. The number of rotatable bonds is 4. The molecule has 0 bridgehead atoms. The maximum atomic E-state index is 13.2. The number of benzene rings is 2. The highest BCUT2D eigenvalue weighted by Gasteiger charge is 2.14. The molecule has 0 aliphatic rings. The molecule has 0 spiro atoms. The minimum Gasteiger partial charge on any atom is -0.268 e. The highest BCUT2D eigenvalue weighted by molar-refractivity contribution is 7.98. The Morgan fingerprint density at radius 2 is 1.74 bits per heavy atom. The van der Waals surface area contributed by atoms with Gasteiger partial charge < -0.3 is 0 Å². The van der Waals surface area contributed by atoms with Gasteiger partial charge in [-0.25, -0.2) is 14.5 Å². The van der Waals surface area contributed by atoms with Crippen LogP contribution in [0.25, 0.3) is 16.7 Å². The summed E-state index contributed by atoms with van der Waals surface area (Å²) < 4.78 is 1.62. The van der Waals surface area contributed by atoms with Crippen LogP contribution in [0.15, 0.2) is 76.8 Å². The first-order valence-electron chi connectivity index (χ1n) is 8.75. The molecule has 0 aliphatic carbocycles. The second-order valence-corrected chi connectivity index (χ2v) is 7.40. The second-order valence-electron chi connectivity index (χ2n) is 6.46. The van der Waals surface area contributed by atoms with Crippen LogP contribution >= 0.6 is 11.8 Å². The van der Waals surface area contributed by atoms with Crippen molar-refractivity contribution in [3.05, 3.63) is 93.9 Å². The smallest absolute Gasteiger partial charge is 0.267 e. The second kappa shape index (κ2) is 7.37. The first-order valence-corrected chi connectivity index (χ1v) is 9.74. The predicted octanol–water partition coefficient (Wildman–Crippen LogP) is 4.69. The van der Waals surface area contributed by atoms with Gasteiger partial charge in [0.15, 0.2) is 5.16 Å². The van der Waals surface area contributed by atoms with E-state index in [1.807, 2.05) is 55.5 Å². The topological polar surface area (TPSA) is 47.8 Å². The fourth-order valence-electron chi connectivity index (χ4n) is 2.92. The molecule has 5 heteroatoms. The predicted molar refractivity (Wildman–Crippen MR) is 111 cm³/mol. The van der Waals surface area contributed by atoms with Crippen LogP contribution < -0.4 is 5.56 Å². The maximum Gasteiger partial charge on any atom is 0.267 e. The summed E-state index contributed by atoms with van der Waals surface area (Å²) in [5, 5.41) is 1.25. The number of aryl methyl sites for hydroxylation is 2. The summed E-state index contributed by atoms with van der Waals surface area (Å²) in [7, 11) is 0. The van der Waals surface area contributed by atoms with Crippen LogP contribution in [0.5, 0.6) is 0 Å². The Bertz CT molecular complexity index is 1170. The zero-order valence-electron chi connectivity index (χ0n) is 15.2. The van der Waals surface area contributed by atoms with Crippen LogP contribution in [0, 0.1) is 13.8 Å². The molecule has 2 aromatic heterocycles. The Hall–Kier alpha value is -2.92. The van der Waals surface area contributed by atoms with Gasteiger partial charge in [0.05, 0.1) is 10.9 Å². The summed E-state index contributed by atoms with van der Waals surface area (Å²) >= 11 is 1.55. The summed E-state index contributed by atoms with van der Waals surface area (Å²) in [6.45, 7) is 4.07. The summed E-state index contributed by atoms with van der Waals surface area (Å²) in [6.07, 6.45) is 1.77.